The molecule has 0 saturated carbocycles. The number of nitrogens with zero attached hydrogens (tertiary/aromatic N) is 1. The van der Waals surface area contributed by atoms with Crippen molar-refractivity contribution in [2.24, 2.45) is 0 Å². The van der Waals surface area contributed by atoms with E-state index in [0.29, 0.717) is 23.5 Å². The number of imide groups is 1. The fraction of sp³-hybridized carbons (Fsp3) is 0.208. The molecule has 1 atom stereocenters. The number of fused-ring (bicyclic) bond motifs is 1. The van der Waals surface area contributed by atoms with Gasteiger partial charge in [0.2, 0.25) is 0 Å². The Bertz CT molecular complexity index is 1200. The summed E-state index contributed by atoms with van der Waals surface area (Å²) in [5, 5.41) is 3.48. The van der Waals surface area contributed by atoms with Gasteiger partial charge in [-0.1, -0.05) is 36.9 Å². The Kier molecular flexibility index (Phi) is 5.10. The van der Waals surface area contributed by atoms with Crippen LogP contribution >= 0.6 is 0 Å². The van der Waals surface area contributed by atoms with Gasteiger partial charge in [-0.25, -0.2) is 4.79 Å². The van der Waals surface area contributed by atoms with Crippen LogP contribution in [0.25, 0.3) is 10.9 Å². The van der Waals surface area contributed by atoms with Gasteiger partial charge in [-0.3, -0.25) is 14.5 Å². The van der Waals surface area contributed by atoms with E-state index in [2.05, 4.69) is 16.9 Å². The second-order valence-corrected chi connectivity index (χ2v) is 7.89. The zero-order chi connectivity index (χ0) is 22.2. The van der Waals surface area contributed by atoms with Crippen LogP contribution in [-0.2, 0) is 10.3 Å². The molecule has 1 fully saturated rings. The van der Waals surface area contributed by atoms with Gasteiger partial charge in [-0.15, -0.1) is 0 Å². The summed E-state index contributed by atoms with van der Waals surface area (Å²) in [6.45, 7) is 7.36. The van der Waals surface area contributed by atoms with Crippen molar-refractivity contribution < 1.29 is 19.1 Å². The number of urea groups is 1. The van der Waals surface area contributed by atoms with Gasteiger partial charge in [0.25, 0.3) is 5.91 Å². The number of hydrogen-bond acceptors (Lipinski definition) is 4. The van der Waals surface area contributed by atoms with Crippen molar-refractivity contribution in [1.82, 2.24) is 15.2 Å². The maximum absolute atomic E-state index is 13.1. The monoisotopic (exact) mass is 417 g/mol. The number of rotatable bonds is 7. The van der Waals surface area contributed by atoms with Crippen LogP contribution in [0.15, 0.2) is 66.9 Å². The van der Waals surface area contributed by atoms with Crippen LogP contribution in [0.2, 0.25) is 0 Å². The highest BCUT2D eigenvalue weighted by Crippen LogP contribution is 2.30. The second kappa shape index (κ2) is 7.75. The van der Waals surface area contributed by atoms with E-state index >= 15 is 0 Å². The molecule has 1 unspecified atom stereocenters. The Morgan fingerprint density at radius 1 is 1.13 bits per heavy atom. The molecule has 0 aliphatic carbocycles. The van der Waals surface area contributed by atoms with Gasteiger partial charge in [0, 0.05) is 22.7 Å². The number of hydrogen-bond donors (Lipinski definition) is 2. The normalized spacial score (nSPS) is 18.3. The highest BCUT2D eigenvalue weighted by molar-refractivity contribution is 6.14. The molecule has 3 aromatic rings. The van der Waals surface area contributed by atoms with Gasteiger partial charge in [-0.2, -0.15) is 0 Å². The average molecular weight is 417 g/mol. The van der Waals surface area contributed by atoms with Gasteiger partial charge in [-0.05, 0) is 43.2 Å². The molecule has 2 aromatic carbocycles. The second-order valence-electron chi connectivity index (χ2n) is 7.89. The molecular weight excluding hydrogens is 394 g/mol. The lowest BCUT2D eigenvalue weighted by Gasteiger charge is -2.22. The Morgan fingerprint density at radius 3 is 2.55 bits per heavy atom. The van der Waals surface area contributed by atoms with Gasteiger partial charge in [0.05, 0.1) is 6.54 Å². The third-order valence-corrected chi connectivity index (χ3v) is 5.38. The number of Topliss-reactive ketones (excluding diaryl/α,β-unsaturated/α-hetero) is 1. The SMILES string of the molecule is C=C(C)COc1ccc(C2(C)NC(=O)N(CC(=O)c3c[nH]c4ccccc34)C2=O)cc1. The summed E-state index contributed by atoms with van der Waals surface area (Å²) in [7, 11) is 0. The standard InChI is InChI=1S/C24H23N3O4/c1-15(2)14-31-17-10-8-16(9-11-17)24(3)22(29)27(23(30)26-24)13-21(28)19-12-25-20-7-5-4-6-18(19)20/h4-12,25H,1,13-14H2,2-3H3,(H,26,30). The molecule has 7 nitrogen and oxygen atoms in total. The van der Waals surface area contributed by atoms with Crippen LogP contribution < -0.4 is 10.1 Å². The fourth-order valence-corrected chi connectivity index (χ4v) is 3.66. The number of nitrogens with one attached hydrogen (secondary N) is 2. The van der Waals surface area contributed by atoms with E-state index < -0.39 is 17.5 Å². The first-order valence-corrected chi connectivity index (χ1v) is 9.91. The van der Waals surface area contributed by atoms with Crippen molar-refractivity contribution in [3.05, 3.63) is 78.0 Å². The Balaban J connectivity index is 1.52. The van der Waals surface area contributed by atoms with Crippen molar-refractivity contribution in [3.63, 3.8) is 0 Å². The highest BCUT2D eigenvalue weighted by Gasteiger charge is 2.49. The molecule has 1 aliphatic rings. The van der Waals surface area contributed by atoms with Gasteiger partial charge in [0.1, 0.15) is 17.9 Å². The Hall–Kier alpha value is -3.87. The summed E-state index contributed by atoms with van der Waals surface area (Å²) in [5.74, 6) is -0.145. The van der Waals surface area contributed by atoms with Crippen LogP contribution in [0.5, 0.6) is 5.75 Å². The van der Waals surface area contributed by atoms with Gasteiger partial charge >= 0.3 is 6.03 Å². The van der Waals surface area contributed by atoms with Crippen molar-refractivity contribution >= 4 is 28.6 Å². The van der Waals surface area contributed by atoms with Crippen molar-refractivity contribution in [3.8, 4) is 5.75 Å². The van der Waals surface area contributed by atoms with Crippen molar-refractivity contribution in [2.75, 3.05) is 13.2 Å². The molecule has 3 amide bonds. The van der Waals surface area contributed by atoms with Crippen molar-refractivity contribution in [1.29, 1.82) is 0 Å². The zero-order valence-electron chi connectivity index (χ0n) is 17.4. The van der Waals surface area contributed by atoms with Crippen LogP contribution in [0, 0.1) is 0 Å². The average Bonchev–Trinajstić information content (AvgIpc) is 3.28. The predicted octanol–water partition coefficient (Wildman–Crippen LogP) is 3.77. The molecule has 2 heterocycles. The molecule has 0 radical (unpaired) electrons. The highest BCUT2D eigenvalue weighted by atomic mass is 16.5. The number of H-pyrrole nitrogens is 1. The summed E-state index contributed by atoms with van der Waals surface area (Å²) in [5.41, 5.74) is 1.51. The van der Waals surface area contributed by atoms with E-state index in [1.807, 2.05) is 31.2 Å². The molecule has 31 heavy (non-hydrogen) atoms. The molecule has 7 heteroatoms. The zero-order valence-corrected chi connectivity index (χ0v) is 17.4. The maximum atomic E-state index is 13.1. The number of ether oxygens (including phenoxy) is 1. The molecule has 158 valence electrons. The molecule has 0 bridgehead atoms. The Morgan fingerprint density at radius 2 is 1.84 bits per heavy atom. The lowest BCUT2D eigenvalue weighted by Crippen LogP contribution is -2.41. The van der Waals surface area contributed by atoms with Crippen molar-refractivity contribution in [2.45, 2.75) is 19.4 Å². The minimum Gasteiger partial charge on any atom is -0.489 e. The van der Waals surface area contributed by atoms with Crippen LogP contribution in [0.4, 0.5) is 4.79 Å². The Labute approximate surface area is 179 Å². The number of benzene rings is 2. The van der Waals surface area contributed by atoms with Gasteiger partial charge in [0.15, 0.2) is 5.78 Å². The summed E-state index contributed by atoms with van der Waals surface area (Å²) in [4.78, 5) is 42.6. The molecule has 1 aromatic heterocycles. The summed E-state index contributed by atoms with van der Waals surface area (Å²) < 4.78 is 5.59. The first-order valence-electron chi connectivity index (χ1n) is 9.91. The first-order chi connectivity index (χ1) is 14.8. The molecule has 2 N–H and O–H groups in total. The predicted molar refractivity (Wildman–Crippen MR) is 117 cm³/mol. The number of carbonyl (C=O) groups excluding carboxylic acids is 3. The van der Waals surface area contributed by atoms with Crippen LogP contribution in [0.1, 0.15) is 29.8 Å². The first kappa shape index (κ1) is 20.4. The third-order valence-electron chi connectivity index (χ3n) is 5.38. The molecule has 1 aliphatic heterocycles. The number of aromatic nitrogens is 1. The molecule has 4 rings (SSSR count). The topological polar surface area (TPSA) is 91.5 Å². The number of ketones is 1. The van der Waals surface area contributed by atoms with Gasteiger partial charge < -0.3 is 15.0 Å². The van der Waals surface area contributed by atoms with E-state index in [-0.39, 0.29) is 12.3 Å². The quantitative estimate of drug-likeness (QED) is 0.348. The summed E-state index contributed by atoms with van der Waals surface area (Å²) in [6.07, 6.45) is 1.61. The summed E-state index contributed by atoms with van der Waals surface area (Å²) in [6, 6.07) is 13.7. The smallest absolute Gasteiger partial charge is 0.325 e. The third kappa shape index (κ3) is 3.70. The number of para-hydroxylation sites is 1. The van der Waals surface area contributed by atoms with E-state index in [4.69, 9.17) is 4.74 Å². The van der Waals surface area contributed by atoms with E-state index in [9.17, 15) is 14.4 Å². The number of carbonyl (C=O) groups is 3. The minimum atomic E-state index is -1.26. The maximum Gasteiger partial charge on any atom is 0.325 e. The lowest BCUT2D eigenvalue weighted by molar-refractivity contribution is -0.130. The van der Waals surface area contributed by atoms with E-state index in [0.717, 1.165) is 21.4 Å². The summed E-state index contributed by atoms with van der Waals surface area (Å²) >= 11 is 0. The molecule has 0 spiro atoms. The molecular formula is C24H23N3O4. The lowest BCUT2D eigenvalue weighted by atomic mass is 9.92. The van der Waals surface area contributed by atoms with E-state index in [1.165, 1.54) is 0 Å². The van der Waals surface area contributed by atoms with Crippen LogP contribution in [-0.4, -0.2) is 40.8 Å². The van der Waals surface area contributed by atoms with Crippen LogP contribution in [0.3, 0.4) is 0 Å². The molecule has 1 saturated heterocycles. The largest absolute Gasteiger partial charge is 0.489 e. The van der Waals surface area contributed by atoms with E-state index in [1.54, 1.807) is 37.4 Å². The number of aromatic amines is 1. The minimum absolute atomic E-state index is 0.311. The number of amides is 3. The fourth-order valence-electron chi connectivity index (χ4n) is 3.66.